The molecule has 0 amide bonds. The van der Waals surface area contributed by atoms with Gasteiger partial charge in [-0.3, -0.25) is 9.36 Å². The van der Waals surface area contributed by atoms with Crippen LogP contribution in [-0.4, -0.2) is 9.55 Å². The summed E-state index contributed by atoms with van der Waals surface area (Å²) in [4.78, 5) is 17.4. The molecular weight excluding hydrogens is 248 g/mol. The van der Waals surface area contributed by atoms with E-state index in [0.29, 0.717) is 5.82 Å². The summed E-state index contributed by atoms with van der Waals surface area (Å²) in [6.07, 6.45) is 9.29. The zero-order valence-electron chi connectivity index (χ0n) is 11.3. The van der Waals surface area contributed by atoms with Crippen LogP contribution < -0.4 is 5.56 Å². The fourth-order valence-electron chi connectivity index (χ4n) is 2.74. The maximum absolute atomic E-state index is 12.6. The van der Waals surface area contributed by atoms with Crippen LogP contribution in [0.25, 0.3) is 11.4 Å². The molecule has 0 radical (unpaired) electrons. The first-order chi connectivity index (χ1) is 9.81. The van der Waals surface area contributed by atoms with Crippen molar-refractivity contribution in [3.05, 3.63) is 51.9 Å². The highest BCUT2D eigenvalue weighted by Crippen LogP contribution is 2.21. The average molecular weight is 264 g/mol. The Morgan fingerprint density at radius 2 is 1.95 bits per heavy atom. The van der Waals surface area contributed by atoms with Gasteiger partial charge in [-0.1, -0.05) is 36.3 Å². The predicted octanol–water partition coefficient (Wildman–Crippen LogP) is 2.42. The highest BCUT2D eigenvalue weighted by molar-refractivity contribution is 5.56. The van der Waals surface area contributed by atoms with E-state index in [4.69, 9.17) is 11.4 Å². The largest absolute Gasteiger partial charge is 0.281 e. The molecule has 0 saturated carbocycles. The van der Waals surface area contributed by atoms with Gasteiger partial charge >= 0.3 is 0 Å². The third kappa shape index (κ3) is 2.14. The maximum atomic E-state index is 12.6. The Labute approximate surface area is 118 Å². The van der Waals surface area contributed by atoms with E-state index in [2.05, 4.69) is 5.92 Å². The number of aryl methyl sites for hydroxylation is 1. The molecule has 20 heavy (non-hydrogen) atoms. The first kappa shape index (κ1) is 12.7. The fourth-order valence-corrected chi connectivity index (χ4v) is 2.74. The Balaban J connectivity index is 2.25. The van der Waals surface area contributed by atoms with Gasteiger partial charge in [-0.2, -0.15) is 0 Å². The first-order valence-corrected chi connectivity index (χ1v) is 6.92. The summed E-state index contributed by atoms with van der Waals surface area (Å²) in [5.41, 5.74) is 2.78. The number of aromatic nitrogens is 2. The fraction of sp³-hybridized carbons (Fsp3) is 0.294. The van der Waals surface area contributed by atoms with E-state index < -0.39 is 0 Å². The average Bonchev–Trinajstić information content (AvgIpc) is 2.51. The predicted molar refractivity (Wildman–Crippen MR) is 79.4 cm³/mol. The van der Waals surface area contributed by atoms with Crippen LogP contribution in [0.3, 0.4) is 0 Å². The minimum atomic E-state index is 0.0338. The number of benzene rings is 1. The number of fused-ring (bicyclic) bond motifs is 1. The normalized spacial score (nSPS) is 13.6. The molecule has 0 aliphatic heterocycles. The minimum absolute atomic E-state index is 0.0338. The summed E-state index contributed by atoms with van der Waals surface area (Å²) >= 11 is 0. The molecule has 0 N–H and O–H groups in total. The third-order valence-corrected chi connectivity index (χ3v) is 3.72. The van der Waals surface area contributed by atoms with Gasteiger partial charge in [-0.15, -0.1) is 6.42 Å². The van der Waals surface area contributed by atoms with Gasteiger partial charge in [0.15, 0.2) is 0 Å². The van der Waals surface area contributed by atoms with Crippen LogP contribution in [0.5, 0.6) is 0 Å². The van der Waals surface area contributed by atoms with Gasteiger partial charge in [0, 0.05) is 11.1 Å². The molecule has 0 unspecified atom stereocenters. The van der Waals surface area contributed by atoms with Crippen molar-refractivity contribution < 1.29 is 0 Å². The molecule has 3 nitrogen and oxygen atoms in total. The molecule has 0 fully saturated rings. The van der Waals surface area contributed by atoms with Crippen LogP contribution in [0.2, 0.25) is 0 Å². The van der Waals surface area contributed by atoms with Crippen molar-refractivity contribution in [3.63, 3.8) is 0 Å². The van der Waals surface area contributed by atoms with Crippen molar-refractivity contribution in [2.75, 3.05) is 0 Å². The molecular formula is C17H16N2O. The lowest BCUT2D eigenvalue weighted by molar-refractivity contribution is 0.633. The Kier molecular flexibility index (Phi) is 3.39. The lowest BCUT2D eigenvalue weighted by atomic mass is 9.97. The van der Waals surface area contributed by atoms with Crippen molar-refractivity contribution in [1.29, 1.82) is 0 Å². The summed E-state index contributed by atoms with van der Waals surface area (Å²) in [5, 5.41) is 0. The second-order valence-corrected chi connectivity index (χ2v) is 5.03. The summed E-state index contributed by atoms with van der Waals surface area (Å²) in [7, 11) is 0. The van der Waals surface area contributed by atoms with Gasteiger partial charge in [0.2, 0.25) is 0 Å². The highest BCUT2D eigenvalue weighted by Gasteiger charge is 2.19. The van der Waals surface area contributed by atoms with E-state index in [1.165, 1.54) is 0 Å². The number of nitrogens with zero attached hydrogens (tertiary/aromatic N) is 2. The van der Waals surface area contributed by atoms with Gasteiger partial charge in [0.1, 0.15) is 5.82 Å². The standard InChI is InChI=1S/C17H16N2O/c1-2-12-19-16(13-8-4-3-5-9-13)18-15-11-7-6-10-14(15)17(19)20/h1,3-5,8-9H,6-7,10-12H2. The van der Waals surface area contributed by atoms with Crippen molar-refractivity contribution in [2.45, 2.75) is 32.2 Å². The molecule has 1 aliphatic carbocycles. The Bertz CT molecular complexity index is 723. The number of rotatable bonds is 2. The van der Waals surface area contributed by atoms with Gasteiger partial charge in [0.05, 0.1) is 12.2 Å². The molecule has 0 atom stereocenters. The van der Waals surface area contributed by atoms with Crippen LogP contribution >= 0.6 is 0 Å². The number of hydrogen-bond donors (Lipinski definition) is 0. The second kappa shape index (κ2) is 5.34. The minimum Gasteiger partial charge on any atom is -0.281 e. The zero-order chi connectivity index (χ0) is 13.9. The van der Waals surface area contributed by atoms with Crippen LogP contribution in [0.1, 0.15) is 24.1 Å². The van der Waals surface area contributed by atoms with Crippen LogP contribution in [0.15, 0.2) is 35.1 Å². The molecule has 100 valence electrons. The van der Waals surface area contributed by atoms with Crippen LogP contribution in [0.4, 0.5) is 0 Å². The summed E-state index contributed by atoms with van der Waals surface area (Å²) in [5.74, 6) is 3.25. The topological polar surface area (TPSA) is 34.9 Å². The Morgan fingerprint density at radius 3 is 2.70 bits per heavy atom. The first-order valence-electron chi connectivity index (χ1n) is 6.92. The Hall–Kier alpha value is -2.34. The van der Waals surface area contributed by atoms with Crippen LogP contribution in [0, 0.1) is 12.3 Å². The number of hydrogen-bond acceptors (Lipinski definition) is 2. The lowest BCUT2D eigenvalue weighted by Gasteiger charge is -2.18. The lowest BCUT2D eigenvalue weighted by Crippen LogP contribution is -2.30. The van der Waals surface area contributed by atoms with E-state index in [-0.39, 0.29) is 12.1 Å². The second-order valence-electron chi connectivity index (χ2n) is 5.03. The third-order valence-electron chi connectivity index (χ3n) is 3.72. The van der Waals surface area contributed by atoms with E-state index in [9.17, 15) is 4.79 Å². The van der Waals surface area contributed by atoms with E-state index in [1.807, 2.05) is 30.3 Å². The molecule has 1 aliphatic rings. The quantitative estimate of drug-likeness (QED) is 0.781. The van der Waals surface area contributed by atoms with Crippen LogP contribution in [-0.2, 0) is 19.4 Å². The monoisotopic (exact) mass is 264 g/mol. The zero-order valence-corrected chi connectivity index (χ0v) is 11.3. The maximum Gasteiger partial charge on any atom is 0.258 e. The number of terminal acetylenes is 1. The molecule has 3 heteroatoms. The summed E-state index contributed by atoms with van der Waals surface area (Å²) < 4.78 is 1.62. The molecule has 1 aromatic heterocycles. The van der Waals surface area contributed by atoms with Gasteiger partial charge in [-0.25, -0.2) is 4.98 Å². The van der Waals surface area contributed by atoms with E-state index in [1.54, 1.807) is 4.57 Å². The highest BCUT2D eigenvalue weighted by atomic mass is 16.1. The molecule has 0 spiro atoms. The summed E-state index contributed by atoms with van der Waals surface area (Å²) in [6, 6.07) is 9.77. The molecule has 0 bridgehead atoms. The molecule has 1 aromatic carbocycles. The van der Waals surface area contributed by atoms with E-state index >= 15 is 0 Å². The molecule has 3 rings (SSSR count). The van der Waals surface area contributed by atoms with Gasteiger partial charge < -0.3 is 0 Å². The van der Waals surface area contributed by atoms with Crippen molar-refractivity contribution in [2.24, 2.45) is 0 Å². The Morgan fingerprint density at radius 1 is 1.20 bits per heavy atom. The van der Waals surface area contributed by atoms with Gasteiger partial charge in [-0.05, 0) is 25.7 Å². The molecule has 2 aromatic rings. The van der Waals surface area contributed by atoms with Crippen molar-refractivity contribution in [1.82, 2.24) is 9.55 Å². The van der Waals surface area contributed by atoms with E-state index in [0.717, 1.165) is 42.5 Å². The van der Waals surface area contributed by atoms with Gasteiger partial charge in [0.25, 0.3) is 5.56 Å². The SMILES string of the molecule is C#CCn1c(-c2ccccc2)nc2c(c1=O)CCCC2. The van der Waals surface area contributed by atoms with Crippen molar-refractivity contribution >= 4 is 0 Å². The smallest absolute Gasteiger partial charge is 0.258 e. The summed E-state index contributed by atoms with van der Waals surface area (Å²) in [6.45, 7) is 0.267. The molecule has 0 saturated heterocycles. The van der Waals surface area contributed by atoms with Crippen molar-refractivity contribution in [3.8, 4) is 23.7 Å². The molecule has 1 heterocycles.